The first-order chi connectivity index (χ1) is 11.7. The first kappa shape index (κ1) is 15.9. The molecular weight excluding hydrogens is 324 g/mol. The standard InChI is InChI=1S/C17H24N4O2S/c22-15-11-13(12-21(15)14-3-1-2-4-14)16(23)19-6-8-20(9-7-19)17-18-5-10-24-17/h5,10,13-14H,1-4,6-9,11-12H2/t13-/m1/s1. The van der Waals surface area contributed by atoms with Gasteiger partial charge in [0.1, 0.15) is 0 Å². The Bertz CT molecular complexity index is 592. The molecule has 4 rings (SSSR count). The van der Waals surface area contributed by atoms with Gasteiger partial charge in [-0.05, 0) is 12.8 Å². The Hall–Kier alpha value is -1.63. The van der Waals surface area contributed by atoms with Gasteiger partial charge in [-0.2, -0.15) is 0 Å². The van der Waals surface area contributed by atoms with Gasteiger partial charge in [-0.3, -0.25) is 9.59 Å². The van der Waals surface area contributed by atoms with Crippen molar-refractivity contribution < 1.29 is 9.59 Å². The van der Waals surface area contributed by atoms with Crippen molar-refractivity contribution in [3.05, 3.63) is 11.6 Å². The van der Waals surface area contributed by atoms with Gasteiger partial charge in [0, 0.05) is 56.8 Å². The number of hydrogen-bond acceptors (Lipinski definition) is 5. The van der Waals surface area contributed by atoms with Crippen LogP contribution < -0.4 is 4.90 Å². The number of likely N-dealkylation sites (tertiary alicyclic amines) is 1. The van der Waals surface area contributed by atoms with Crippen molar-refractivity contribution in [1.82, 2.24) is 14.8 Å². The summed E-state index contributed by atoms with van der Waals surface area (Å²) in [5.41, 5.74) is 0. The van der Waals surface area contributed by atoms with E-state index >= 15 is 0 Å². The molecule has 0 unspecified atom stereocenters. The molecule has 3 aliphatic rings. The third-order valence-corrected chi connectivity index (χ3v) is 6.39. The van der Waals surface area contributed by atoms with Crippen LogP contribution in [0.4, 0.5) is 5.13 Å². The van der Waals surface area contributed by atoms with Crippen molar-refractivity contribution in [2.24, 2.45) is 5.92 Å². The second-order valence-corrected chi connectivity index (χ2v) is 7.89. The summed E-state index contributed by atoms with van der Waals surface area (Å²) in [4.78, 5) is 35.6. The van der Waals surface area contributed by atoms with E-state index in [4.69, 9.17) is 0 Å². The van der Waals surface area contributed by atoms with E-state index in [1.807, 2.05) is 21.4 Å². The quantitative estimate of drug-likeness (QED) is 0.832. The number of hydrogen-bond donors (Lipinski definition) is 0. The fraction of sp³-hybridized carbons (Fsp3) is 0.706. The van der Waals surface area contributed by atoms with Gasteiger partial charge in [-0.15, -0.1) is 11.3 Å². The Morgan fingerprint density at radius 2 is 1.92 bits per heavy atom. The molecule has 1 aromatic rings. The molecule has 6 nitrogen and oxygen atoms in total. The van der Waals surface area contributed by atoms with Crippen LogP contribution in [-0.4, -0.2) is 65.4 Å². The van der Waals surface area contributed by atoms with Gasteiger partial charge in [0.15, 0.2) is 5.13 Å². The zero-order chi connectivity index (χ0) is 16.5. The van der Waals surface area contributed by atoms with Crippen molar-refractivity contribution in [1.29, 1.82) is 0 Å². The highest BCUT2D eigenvalue weighted by atomic mass is 32.1. The summed E-state index contributed by atoms with van der Waals surface area (Å²) >= 11 is 1.64. The summed E-state index contributed by atoms with van der Waals surface area (Å²) in [6, 6.07) is 0.386. The Morgan fingerprint density at radius 1 is 1.17 bits per heavy atom. The third kappa shape index (κ3) is 3.01. The topological polar surface area (TPSA) is 56.8 Å². The van der Waals surface area contributed by atoms with Crippen molar-refractivity contribution in [3.8, 4) is 0 Å². The summed E-state index contributed by atoms with van der Waals surface area (Å²) in [7, 11) is 0. The van der Waals surface area contributed by atoms with Crippen LogP contribution >= 0.6 is 11.3 Å². The average molecular weight is 348 g/mol. The minimum absolute atomic E-state index is 0.135. The SMILES string of the molecule is O=C([C@@H]1CC(=O)N(C2CCCC2)C1)N1CCN(c2nccs2)CC1. The number of nitrogens with zero attached hydrogens (tertiary/aromatic N) is 4. The van der Waals surface area contributed by atoms with E-state index < -0.39 is 0 Å². The van der Waals surface area contributed by atoms with E-state index in [-0.39, 0.29) is 17.7 Å². The lowest BCUT2D eigenvalue weighted by molar-refractivity contribution is -0.136. The molecule has 1 aromatic heterocycles. The number of anilines is 1. The number of piperazine rings is 1. The molecule has 130 valence electrons. The molecule has 7 heteroatoms. The molecule has 1 saturated carbocycles. The normalized spacial score (nSPS) is 25.8. The van der Waals surface area contributed by atoms with Crippen LogP contribution in [0.1, 0.15) is 32.1 Å². The van der Waals surface area contributed by atoms with E-state index in [9.17, 15) is 9.59 Å². The molecular formula is C17H24N4O2S. The Morgan fingerprint density at radius 3 is 2.58 bits per heavy atom. The summed E-state index contributed by atoms with van der Waals surface area (Å²) in [6.45, 7) is 3.74. The highest BCUT2D eigenvalue weighted by Crippen LogP contribution is 2.30. The van der Waals surface area contributed by atoms with E-state index in [1.165, 1.54) is 12.8 Å². The monoisotopic (exact) mass is 348 g/mol. The highest BCUT2D eigenvalue weighted by molar-refractivity contribution is 7.13. The molecule has 0 radical (unpaired) electrons. The average Bonchev–Trinajstić information content (AvgIpc) is 3.35. The summed E-state index contributed by atoms with van der Waals surface area (Å²) < 4.78 is 0. The van der Waals surface area contributed by atoms with Crippen LogP contribution in [0.3, 0.4) is 0 Å². The van der Waals surface area contributed by atoms with Gasteiger partial charge in [-0.25, -0.2) is 4.98 Å². The van der Waals surface area contributed by atoms with Crippen molar-refractivity contribution >= 4 is 28.3 Å². The predicted octanol–water partition coefficient (Wildman–Crippen LogP) is 1.58. The van der Waals surface area contributed by atoms with Crippen LogP contribution in [0.15, 0.2) is 11.6 Å². The fourth-order valence-electron chi connectivity index (χ4n) is 4.21. The Labute approximate surface area is 146 Å². The smallest absolute Gasteiger partial charge is 0.228 e. The second-order valence-electron chi connectivity index (χ2n) is 7.01. The van der Waals surface area contributed by atoms with Crippen LogP contribution in [0.25, 0.3) is 0 Å². The predicted molar refractivity (Wildman–Crippen MR) is 93.0 cm³/mol. The lowest BCUT2D eigenvalue weighted by atomic mass is 10.1. The number of carbonyl (C=O) groups is 2. The van der Waals surface area contributed by atoms with Crippen LogP contribution in [-0.2, 0) is 9.59 Å². The van der Waals surface area contributed by atoms with E-state index in [0.717, 1.165) is 44.2 Å². The first-order valence-corrected chi connectivity index (χ1v) is 9.83. The van der Waals surface area contributed by atoms with E-state index in [1.54, 1.807) is 11.3 Å². The third-order valence-electron chi connectivity index (χ3n) is 5.55. The van der Waals surface area contributed by atoms with Gasteiger partial charge in [0.2, 0.25) is 11.8 Å². The summed E-state index contributed by atoms with van der Waals surface area (Å²) in [6.07, 6.45) is 6.87. The van der Waals surface area contributed by atoms with Gasteiger partial charge in [0.25, 0.3) is 0 Å². The van der Waals surface area contributed by atoms with Crippen LogP contribution in [0, 0.1) is 5.92 Å². The molecule has 1 aliphatic carbocycles. The fourth-order valence-corrected chi connectivity index (χ4v) is 4.91. The highest BCUT2D eigenvalue weighted by Gasteiger charge is 2.40. The van der Waals surface area contributed by atoms with Crippen molar-refractivity contribution in [3.63, 3.8) is 0 Å². The minimum Gasteiger partial charge on any atom is -0.345 e. The van der Waals surface area contributed by atoms with Crippen LogP contribution in [0.5, 0.6) is 0 Å². The molecule has 2 amide bonds. The number of thiazole rings is 1. The number of carbonyl (C=O) groups excluding carboxylic acids is 2. The first-order valence-electron chi connectivity index (χ1n) is 8.95. The zero-order valence-electron chi connectivity index (χ0n) is 13.9. The Balaban J connectivity index is 1.33. The number of aromatic nitrogens is 1. The Kier molecular flexibility index (Phi) is 4.43. The molecule has 24 heavy (non-hydrogen) atoms. The van der Waals surface area contributed by atoms with Gasteiger partial charge in [0.05, 0.1) is 5.92 Å². The molecule has 2 saturated heterocycles. The van der Waals surface area contributed by atoms with Gasteiger partial charge in [-0.1, -0.05) is 12.8 Å². The number of amides is 2. The molecule has 3 fully saturated rings. The van der Waals surface area contributed by atoms with E-state index in [2.05, 4.69) is 9.88 Å². The zero-order valence-corrected chi connectivity index (χ0v) is 14.7. The maximum atomic E-state index is 12.8. The van der Waals surface area contributed by atoms with Gasteiger partial charge < -0.3 is 14.7 Å². The summed E-state index contributed by atoms with van der Waals surface area (Å²) in [5, 5.41) is 3.01. The van der Waals surface area contributed by atoms with Crippen molar-refractivity contribution in [2.45, 2.75) is 38.1 Å². The largest absolute Gasteiger partial charge is 0.345 e. The summed E-state index contributed by atoms with van der Waals surface area (Å²) in [5.74, 6) is 0.217. The maximum absolute atomic E-state index is 12.8. The maximum Gasteiger partial charge on any atom is 0.228 e. The molecule has 0 aromatic carbocycles. The van der Waals surface area contributed by atoms with E-state index in [0.29, 0.717) is 19.0 Å². The molecule has 0 N–H and O–H groups in total. The molecule has 0 bridgehead atoms. The van der Waals surface area contributed by atoms with Gasteiger partial charge >= 0.3 is 0 Å². The molecule has 1 atom stereocenters. The molecule has 3 heterocycles. The molecule has 2 aliphatic heterocycles. The minimum atomic E-state index is -0.135. The van der Waals surface area contributed by atoms with Crippen molar-refractivity contribution in [2.75, 3.05) is 37.6 Å². The lowest BCUT2D eigenvalue weighted by Gasteiger charge is -2.35. The number of rotatable bonds is 3. The molecule has 0 spiro atoms. The second kappa shape index (κ2) is 6.70. The lowest BCUT2D eigenvalue weighted by Crippen LogP contribution is -2.50. The van der Waals surface area contributed by atoms with Crippen LogP contribution in [0.2, 0.25) is 0 Å².